The molecule has 0 radical (unpaired) electrons. The van der Waals surface area contributed by atoms with E-state index in [0.29, 0.717) is 0 Å². The maximum absolute atomic E-state index is 13.1. The Hall–Kier alpha value is -1.32. The second-order valence-corrected chi connectivity index (χ2v) is 6.78. The van der Waals surface area contributed by atoms with Crippen molar-refractivity contribution in [3.8, 4) is 0 Å². The molecule has 2 aromatic rings. The molecular weight excluding hydrogens is 281 g/mol. The molecule has 1 aliphatic carbocycles. The van der Waals surface area contributed by atoms with Gasteiger partial charge in [0.1, 0.15) is 5.82 Å². The molecule has 2 aromatic carbocycles. The van der Waals surface area contributed by atoms with Crippen LogP contribution < -0.4 is 5.73 Å². The smallest absolute Gasteiger partial charge is 0.124 e. The third-order valence-corrected chi connectivity index (χ3v) is 5.10. The number of thioether (sulfide) groups is 1. The highest BCUT2D eigenvalue weighted by Crippen LogP contribution is 2.24. The van der Waals surface area contributed by atoms with Gasteiger partial charge in [0, 0.05) is 16.7 Å². The number of halogens is 1. The SMILES string of the molecule is NC(CSc1cccc(F)c1)Cc1ccc2c(c1)CCC2. The van der Waals surface area contributed by atoms with Gasteiger partial charge in [0.05, 0.1) is 0 Å². The Morgan fingerprint density at radius 2 is 1.95 bits per heavy atom. The number of benzene rings is 2. The largest absolute Gasteiger partial charge is 0.327 e. The van der Waals surface area contributed by atoms with Gasteiger partial charge in [0.2, 0.25) is 0 Å². The quantitative estimate of drug-likeness (QED) is 0.846. The molecule has 0 fully saturated rings. The molecule has 2 N–H and O–H groups in total. The van der Waals surface area contributed by atoms with Crippen LogP contribution in [0.1, 0.15) is 23.1 Å². The third kappa shape index (κ3) is 3.86. The van der Waals surface area contributed by atoms with Gasteiger partial charge in [0.15, 0.2) is 0 Å². The summed E-state index contributed by atoms with van der Waals surface area (Å²) in [5.74, 6) is 0.618. The summed E-state index contributed by atoms with van der Waals surface area (Å²) in [7, 11) is 0. The zero-order chi connectivity index (χ0) is 14.7. The van der Waals surface area contributed by atoms with Gasteiger partial charge in [0.25, 0.3) is 0 Å². The van der Waals surface area contributed by atoms with Gasteiger partial charge in [-0.15, -0.1) is 11.8 Å². The maximum Gasteiger partial charge on any atom is 0.124 e. The summed E-state index contributed by atoms with van der Waals surface area (Å²) in [4.78, 5) is 0.944. The number of rotatable bonds is 5. The number of aryl methyl sites for hydroxylation is 2. The van der Waals surface area contributed by atoms with E-state index < -0.39 is 0 Å². The molecule has 0 heterocycles. The first-order valence-electron chi connectivity index (χ1n) is 7.45. The van der Waals surface area contributed by atoms with Crippen LogP contribution in [0, 0.1) is 5.82 Å². The van der Waals surface area contributed by atoms with Crippen molar-refractivity contribution in [3.63, 3.8) is 0 Å². The van der Waals surface area contributed by atoms with Crippen molar-refractivity contribution in [1.29, 1.82) is 0 Å². The molecule has 0 aliphatic heterocycles. The molecular formula is C18H20FNS. The van der Waals surface area contributed by atoms with Crippen molar-refractivity contribution in [1.82, 2.24) is 0 Å². The molecule has 0 amide bonds. The summed E-state index contributed by atoms with van der Waals surface area (Å²) >= 11 is 1.62. The molecule has 3 heteroatoms. The van der Waals surface area contributed by atoms with Crippen molar-refractivity contribution >= 4 is 11.8 Å². The molecule has 110 valence electrons. The van der Waals surface area contributed by atoms with Gasteiger partial charge in [-0.1, -0.05) is 24.3 Å². The third-order valence-electron chi connectivity index (χ3n) is 3.92. The van der Waals surface area contributed by atoms with Crippen LogP contribution in [0.2, 0.25) is 0 Å². The fourth-order valence-electron chi connectivity index (χ4n) is 2.87. The molecule has 1 unspecified atom stereocenters. The Morgan fingerprint density at radius 3 is 2.81 bits per heavy atom. The first-order chi connectivity index (χ1) is 10.2. The molecule has 0 saturated heterocycles. The van der Waals surface area contributed by atoms with E-state index in [9.17, 15) is 4.39 Å². The zero-order valence-electron chi connectivity index (χ0n) is 12.0. The van der Waals surface area contributed by atoms with Gasteiger partial charge in [-0.3, -0.25) is 0 Å². The Kier molecular flexibility index (Phi) is 4.61. The Balaban J connectivity index is 1.55. The van der Waals surface area contributed by atoms with Crippen molar-refractivity contribution < 1.29 is 4.39 Å². The minimum atomic E-state index is -0.188. The van der Waals surface area contributed by atoms with Crippen molar-refractivity contribution in [2.45, 2.75) is 36.6 Å². The highest BCUT2D eigenvalue weighted by atomic mass is 32.2. The summed E-state index contributed by atoms with van der Waals surface area (Å²) in [5, 5.41) is 0. The Bertz CT molecular complexity index is 626. The van der Waals surface area contributed by atoms with E-state index in [4.69, 9.17) is 5.73 Å². The lowest BCUT2D eigenvalue weighted by Gasteiger charge is -2.12. The molecule has 0 saturated carbocycles. The second-order valence-electron chi connectivity index (χ2n) is 5.69. The first kappa shape index (κ1) is 14.6. The minimum absolute atomic E-state index is 0.0951. The van der Waals surface area contributed by atoms with Crippen LogP contribution in [0.4, 0.5) is 4.39 Å². The molecule has 3 rings (SSSR count). The lowest BCUT2D eigenvalue weighted by atomic mass is 10.0. The summed E-state index contributed by atoms with van der Waals surface area (Å²) in [6.45, 7) is 0. The average molecular weight is 301 g/mol. The monoisotopic (exact) mass is 301 g/mol. The molecule has 1 aliphatic rings. The predicted octanol–water partition coefficient (Wildman–Crippen LogP) is 3.98. The fourth-order valence-corrected chi connectivity index (χ4v) is 3.77. The van der Waals surface area contributed by atoms with Crippen LogP contribution in [-0.4, -0.2) is 11.8 Å². The standard InChI is InChI=1S/C18H20FNS/c19-16-5-2-6-18(11-16)21-12-17(20)10-13-7-8-14-3-1-4-15(14)9-13/h2,5-9,11,17H,1,3-4,10,12,20H2. The summed E-state index contributed by atoms with van der Waals surface area (Å²) < 4.78 is 13.1. The minimum Gasteiger partial charge on any atom is -0.327 e. The molecule has 1 nitrogen and oxygen atoms in total. The van der Waals surface area contributed by atoms with E-state index in [1.54, 1.807) is 23.9 Å². The van der Waals surface area contributed by atoms with Gasteiger partial charge < -0.3 is 5.73 Å². The van der Waals surface area contributed by atoms with Crippen LogP contribution in [0.15, 0.2) is 47.4 Å². The van der Waals surface area contributed by atoms with Gasteiger partial charge in [-0.2, -0.15) is 0 Å². The number of nitrogens with two attached hydrogens (primary N) is 1. The van der Waals surface area contributed by atoms with Crippen LogP contribution in [0.5, 0.6) is 0 Å². The first-order valence-corrected chi connectivity index (χ1v) is 8.44. The second kappa shape index (κ2) is 6.63. The molecule has 21 heavy (non-hydrogen) atoms. The number of hydrogen-bond acceptors (Lipinski definition) is 2. The van der Waals surface area contributed by atoms with Gasteiger partial charge in [-0.05, 0) is 60.6 Å². The highest BCUT2D eigenvalue weighted by Gasteiger charge is 2.12. The number of hydrogen-bond donors (Lipinski definition) is 1. The summed E-state index contributed by atoms with van der Waals surface area (Å²) in [5.41, 5.74) is 10.5. The van der Waals surface area contributed by atoms with Crippen molar-refractivity contribution in [2.24, 2.45) is 5.73 Å². The lowest BCUT2D eigenvalue weighted by Crippen LogP contribution is -2.25. The summed E-state index contributed by atoms with van der Waals surface area (Å²) in [6.07, 6.45) is 4.59. The maximum atomic E-state index is 13.1. The predicted molar refractivity (Wildman–Crippen MR) is 87.3 cm³/mol. The zero-order valence-corrected chi connectivity index (χ0v) is 12.8. The highest BCUT2D eigenvalue weighted by molar-refractivity contribution is 7.99. The van der Waals surface area contributed by atoms with Crippen LogP contribution in [-0.2, 0) is 19.3 Å². The normalized spacial score (nSPS) is 15.0. The van der Waals surface area contributed by atoms with Crippen LogP contribution >= 0.6 is 11.8 Å². The van der Waals surface area contributed by atoms with E-state index in [1.807, 2.05) is 6.07 Å². The molecule has 0 aromatic heterocycles. The lowest BCUT2D eigenvalue weighted by molar-refractivity contribution is 0.624. The van der Waals surface area contributed by atoms with Crippen molar-refractivity contribution in [2.75, 3.05) is 5.75 Å². The Labute approximate surface area is 129 Å². The van der Waals surface area contributed by atoms with E-state index in [1.165, 1.54) is 42.0 Å². The van der Waals surface area contributed by atoms with E-state index in [-0.39, 0.29) is 11.9 Å². The van der Waals surface area contributed by atoms with Crippen molar-refractivity contribution in [3.05, 3.63) is 65.0 Å². The fraction of sp³-hybridized carbons (Fsp3) is 0.333. The van der Waals surface area contributed by atoms with Gasteiger partial charge >= 0.3 is 0 Å². The summed E-state index contributed by atoms with van der Waals surface area (Å²) in [6, 6.07) is 13.6. The molecule has 1 atom stereocenters. The van der Waals surface area contributed by atoms with Crippen LogP contribution in [0.3, 0.4) is 0 Å². The number of fused-ring (bicyclic) bond motifs is 1. The van der Waals surface area contributed by atoms with Gasteiger partial charge in [-0.25, -0.2) is 4.39 Å². The van der Waals surface area contributed by atoms with E-state index in [0.717, 1.165) is 17.1 Å². The van der Waals surface area contributed by atoms with E-state index >= 15 is 0 Å². The van der Waals surface area contributed by atoms with Crippen LogP contribution in [0.25, 0.3) is 0 Å². The topological polar surface area (TPSA) is 26.0 Å². The Morgan fingerprint density at radius 1 is 1.10 bits per heavy atom. The molecule has 0 spiro atoms. The average Bonchev–Trinajstić information content (AvgIpc) is 2.93. The van der Waals surface area contributed by atoms with E-state index in [2.05, 4.69) is 18.2 Å². The molecule has 0 bridgehead atoms.